The molecule has 0 heterocycles. The summed E-state index contributed by atoms with van der Waals surface area (Å²) in [5.74, 6) is 0. The number of aldehydes is 1. The van der Waals surface area contributed by atoms with Crippen LogP contribution in [0.1, 0.15) is 33.6 Å². The van der Waals surface area contributed by atoms with E-state index in [-0.39, 0.29) is 0 Å². The van der Waals surface area contributed by atoms with Gasteiger partial charge in [0.25, 0.3) is 0 Å². The van der Waals surface area contributed by atoms with Crippen molar-refractivity contribution in [1.29, 1.82) is 0 Å². The zero-order chi connectivity index (χ0) is 9.40. The summed E-state index contributed by atoms with van der Waals surface area (Å²) >= 11 is 0. The van der Waals surface area contributed by atoms with E-state index in [1.807, 2.05) is 6.92 Å². The molecule has 0 bridgehead atoms. The first-order chi connectivity index (χ1) is 5.66. The molecule has 0 aromatic carbocycles. The minimum atomic E-state index is 0.754. The Labute approximate surface area is 74.5 Å². The van der Waals surface area contributed by atoms with Crippen LogP contribution in [0, 0.1) is 0 Å². The smallest absolute Gasteiger partial charge is 0.150 e. The highest BCUT2D eigenvalue weighted by molar-refractivity contribution is 5.64. The van der Waals surface area contributed by atoms with Gasteiger partial charge >= 0.3 is 0 Å². The van der Waals surface area contributed by atoms with Crippen LogP contribution < -0.4 is 0 Å². The van der Waals surface area contributed by atoms with E-state index in [1.165, 1.54) is 11.6 Å². The summed E-state index contributed by atoms with van der Waals surface area (Å²) in [6.07, 6.45) is 6.37. The quantitative estimate of drug-likeness (QED) is 0.270. The molecule has 0 amide bonds. The van der Waals surface area contributed by atoms with Crippen molar-refractivity contribution in [2.45, 2.75) is 33.6 Å². The second-order valence-electron chi connectivity index (χ2n) is 3.05. The minimum absolute atomic E-state index is 0.754. The Bertz CT molecular complexity index is 223. The molecule has 0 spiro atoms. The summed E-state index contributed by atoms with van der Waals surface area (Å²) < 4.78 is 0. The maximum Gasteiger partial charge on any atom is 0.150 e. The second-order valence-corrected chi connectivity index (χ2v) is 3.05. The van der Waals surface area contributed by atoms with E-state index < -0.39 is 0 Å². The van der Waals surface area contributed by atoms with Crippen molar-refractivity contribution in [3.8, 4) is 0 Å². The Hall–Kier alpha value is -1.07. The molecule has 0 aromatic heterocycles. The van der Waals surface area contributed by atoms with Gasteiger partial charge in [-0.15, -0.1) is 5.73 Å². The summed E-state index contributed by atoms with van der Waals surface area (Å²) in [6.45, 7) is 6.15. The van der Waals surface area contributed by atoms with Crippen LogP contribution in [0.2, 0.25) is 0 Å². The van der Waals surface area contributed by atoms with Crippen LogP contribution in [0.15, 0.2) is 29.0 Å². The predicted molar refractivity (Wildman–Crippen MR) is 52.0 cm³/mol. The lowest BCUT2D eigenvalue weighted by atomic mass is 10.1. The van der Waals surface area contributed by atoms with Crippen molar-refractivity contribution in [3.63, 3.8) is 0 Å². The number of rotatable bonds is 4. The van der Waals surface area contributed by atoms with E-state index in [2.05, 4.69) is 25.7 Å². The summed E-state index contributed by atoms with van der Waals surface area (Å²) in [6, 6.07) is 0. The van der Waals surface area contributed by atoms with Crippen molar-refractivity contribution < 1.29 is 4.79 Å². The fourth-order valence-corrected chi connectivity index (χ4v) is 0.826. The highest BCUT2D eigenvalue weighted by Crippen LogP contribution is 2.04. The molecule has 0 rings (SSSR count). The van der Waals surface area contributed by atoms with Gasteiger partial charge in [-0.25, -0.2) is 0 Å². The number of hydrogen-bond donors (Lipinski definition) is 0. The van der Waals surface area contributed by atoms with Crippen molar-refractivity contribution in [1.82, 2.24) is 0 Å². The molecule has 0 aliphatic heterocycles. The maximum atomic E-state index is 9.95. The van der Waals surface area contributed by atoms with Crippen LogP contribution in [0.4, 0.5) is 0 Å². The first-order valence-electron chi connectivity index (χ1n) is 4.16. The highest BCUT2D eigenvalue weighted by atomic mass is 16.1. The second kappa shape index (κ2) is 6.63. The molecule has 1 heteroatoms. The Kier molecular flexibility index (Phi) is 6.04. The van der Waals surface area contributed by atoms with Crippen LogP contribution in [0.3, 0.4) is 0 Å². The molecule has 0 aliphatic rings. The molecule has 1 nitrogen and oxygen atoms in total. The molecule has 0 aliphatic carbocycles. The summed E-state index contributed by atoms with van der Waals surface area (Å²) in [5.41, 5.74) is 5.36. The molecule has 0 saturated heterocycles. The molecular weight excluding hydrogens is 148 g/mol. The normalized spacial score (nSPS) is 8.25. The molecule has 66 valence electrons. The lowest BCUT2D eigenvalue weighted by molar-refractivity contribution is -0.104. The standard InChI is InChI=1S/C11H16O/c1-10(2)6-4-7-11(3)8-5-9-12/h5-6,9H,4,7H2,1-3H3. The van der Waals surface area contributed by atoms with Crippen LogP contribution in [0.25, 0.3) is 0 Å². The minimum Gasteiger partial charge on any atom is -0.298 e. The molecule has 0 fully saturated rings. The van der Waals surface area contributed by atoms with E-state index in [1.54, 1.807) is 0 Å². The van der Waals surface area contributed by atoms with Crippen LogP contribution in [-0.2, 0) is 4.79 Å². The van der Waals surface area contributed by atoms with Crippen LogP contribution >= 0.6 is 0 Å². The lowest BCUT2D eigenvalue weighted by Gasteiger charge is -1.93. The van der Waals surface area contributed by atoms with Gasteiger partial charge < -0.3 is 0 Å². The first-order valence-corrected chi connectivity index (χ1v) is 4.16. The molecule has 0 aromatic rings. The molecule has 0 saturated carbocycles. The lowest BCUT2D eigenvalue weighted by Crippen LogP contribution is -1.74. The van der Waals surface area contributed by atoms with Crippen molar-refractivity contribution >= 4 is 6.29 Å². The fraction of sp³-hybridized carbons (Fsp3) is 0.455. The van der Waals surface area contributed by atoms with Gasteiger partial charge in [0, 0.05) is 6.08 Å². The van der Waals surface area contributed by atoms with E-state index in [4.69, 9.17) is 0 Å². The highest BCUT2D eigenvalue weighted by Gasteiger charge is 1.85. The Morgan fingerprint density at radius 2 is 2.00 bits per heavy atom. The number of allylic oxidation sites excluding steroid dienone is 3. The van der Waals surface area contributed by atoms with E-state index in [9.17, 15) is 4.79 Å². The first kappa shape index (κ1) is 10.9. The average Bonchev–Trinajstić information content (AvgIpc) is 2.00. The van der Waals surface area contributed by atoms with E-state index in [0.717, 1.165) is 24.7 Å². The molecule has 0 unspecified atom stereocenters. The monoisotopic (exact) mass is 164 g/mol. The maximum absolute atomic E-state index is 9.95. The largest absolute Gasteiger partial charge is 0.298 e. The Balaban J connectivity index is 3.87. The third-order valence-electron chi connectivity index (χ3n) is 1.47. The van der Waals surface area contributed by atoms with Gasteiger partial charge in [-0.05, 0) is 39.2 Å². The van der Waals surface area contributed by atoms with Crippen molar-refractivity contribution in [2.24, 2.45) is 0 Å². The third-order valence-corrected chi connectivity index (χ3v) is 1.47. The van der Waals surface area contributed by atoms with Gasteiger partial charge in [-0.2, -0.15) is 0 Å². The zero-order valence-electron chi connectivity index (χ0n) is 8.05. The van der Waals surface area contributed by atoms with Gasteiger partial charge in [0.05, 0.1) is 0 Å². The molecule has 0 radical (unpaired) electrons. The molecular formula is C11H16O. The van der Waals surface area contributed by atoms with Gasteiger partial charge in [0.2, 0.25) is 0 Å². The number of hydrogen-bond acceptors (Lipinski definition) is 1. The van der Waals surface area contributed by atoms with Gasteiger partial charge in [-0.1, -0.05) is 11.6 Å². The molecule has 12 heavy (non-hydrogen) atoms. The number of carbonyl (C=O) groups excluding carboxylic acids is 1. The average molecular weight is 164 g/mol. The SMILES string of the molecule is CC(=C=CC=O)CCC=C(C)C. The summed E-state index contributed by atoms with van der Waals surface area (Å²) in [7, 11) is 0. The zero-order valence-corrected chi connectivity index (χ0v) is 8.05. The van der Waals surface area contributed by atoms with Gasteiger partial charge in [-0.3, -0.25) is 4.79 Å². The Morgan fingerprint density at radius 1 is 1.33 bits per heavy atom. The summed E-state index contributed by atoms with van der Waals surface area (Å²) in [5, 5.41) is 0. The van der Waals surface area contributed by atoms with E-state index >= 15 is 0 Å². The number of carbonyl (C=O) groups is 1. The van der Waals surface area contributed by atoms with Gasteiger partial charge in [0.1, 0.15) is 0 Å². The topological polar surface area (TPSA) is 17.1 Å². The fourth-order valence-electron chi connectivity index (χ4n) is 0.826. The van der Waals surface area contributed by atoms with Crippen molar-refractivity contribution in [2.75, 3.05) is 0 Å². The van der Waals surface area contributed by atoms with Gasteiger partial charge in [0.15, 0.2) is 6.29 Å². The van der Waals surface area contributed by atoms with E-state index in [0.29, 0.717) is 0 Å². The Morgan fingerprint density at radius 3 is 2.50 bits per heavy atom. The van der Waals surface area contributed by atoms with Crippen LogP contribution in [-0.4, -0.2) is 6.29 Å². The predicted octanol–water partition coefficient (Wildman–Crippen LogP) is 3.03. The third kappa shape index (κ3) is 7.04. The van der Waals surface area contributed by atoms with Crippen LogP contribution in [0.5, 0.6) is 0 Å². The molecule has 0 N–H and O–H groups in total. The summed E-state index contributed by atoms with van der Waals surface area (Å²) in [4.78, 5) is 9.95. The van der Waals surface area contributed by atoms with Crippen molar-refractivity contribution in [3.05, 3.63) is 29.0 Å². The molecule has 0 atom stereocenters.